The van der Waals surface area contributed by atoms with Crippen LogP contribution in [0.5, 0.6) is 0 Å². The van der Waals surface area contributed by atoms with Gasteiger partial charge >= 0.3 is 0 Å². The van der Waals surface area contributed by atoms with Gasteiger partial charge in [-0.2, -0.15) is 0 Å². The summed E-state index contributed by atoms with van der Waals surface area (Å²) in [5, 5.41) is 0. The van der Waals surface area contributed by atoms with E-state index < -0.39 is 8.03 Å². The second-order valence-corrected chi connectivity index (χ2v) is 5.52. The number of hydrogen-bond donors (Lipinski definition) is 1. The van der Waals surface area contributed by atoms with E-state index in [1.54, 1.807) is 0 Å². The van der Waals surface area contributed by atoms with Gasteiger partial charge in [0.05, 0.1) is 0 Å². The molecule has 0 aromatic rings. The van der Waals surface area contributed by atoms with E-state index in [1.165, 1.54) is 19.3 Å². The normalized spacial score (nSPS) is 15.4. The third kappa shape index (κ3) is 7.58. The Labute approximate surface area is 89.0 Å². The fourth-order valence-electron chi connectivity index (χ4n) is 1.66. The van der Waals surface area contributed by atoms with Gasteiger partial charge in [0.1, 0.15) is 0 Å². The van der Waals surface area contributed by atoms with E-state index in [2.05, 4.69) is 13.8 Å². The van der Waals surface area contributed by atoms with Crippen LogP contribution in [0.25, 0.3) is 0 Å². The highest BCUT2D eigenvalue weighted by Crippen LogP contribution is 2.31. The summed E-state index contributed by atoms with van der Waals surface area (Å²) in [6, 6.07) is 0. The van der Waals surface area contributed by atoms with Gasteiger partial charge in [-0.25, -0.2) is 0 Å². The first-order valence-corrected chi connectivity index (χ1v) is 7.38. The van der Waals surface area contributed by atoms with Crippen LogP contribution in [0.15, 0.2) is 0 Å². The molecule has 0 bridgehead atoms. The van der Waals surface area contributed by atoms with E-state index in [-0.39, 0.29) is 5.66 Å². The van der Waals surface area contributed by atoms with Crippen molar-refractivity contribution < 1.29 is 9.46 Å². The number of unbranched alkanes of at least 4 members (excludes halogenated alkanes) is 4. The first-order valence-electron chi connectivity index (χ1n) is 5.95. The molecule has 2 unspecified atom stereocenters. The van der Waals surface area contributed by atoms with Gasteiger partial charge in [0.25, 0.3) is 0 Å². The van der Waals surface area contributed by atoms with Crippen molar-refractivity contribution in [3.05, 3.63) is 0 Å². The molecule has 0 amide bonds. The van der Waals surface area contributed by atoms with Crippen molar-refractivity contribution in [2.75, 3.05) is 0 Å². The van der Waals surface area contributed by atoms with Gasteiger partial charge in [0.2, 0.25) is 0 Å². The molecule has 0 aliphatic carbocycles. The molecule has 0 spiro atoms. The third-order valence-corrected chi connectivity index (χ3v) is 3.94. The van der Waals surface area contributed by atoms with Gasteiger partial charge in [-0.15, -0.1) is 0 Å². The fraction of sp³-hybridized carbons (Fsp3) is 1.00. The van der Waals surface area contributed by atoms with Gasteiger partial charge in [0.15, 0.2) is 8.03 Å². The lowest BCUT2D eigenvalue weighted by Gasteiger charge is -2.12. The molecule has 0 aliphatic rings. The SMILES string of the molecule is CCCCCCC(CCCC)[PH](=O)O. The lowest BCUT2D eigenvalue weighted by Crippen LogP contribution is -2.02. The Bertz CT molecular complexity index is 148. The van der Waals surface area contributed by atoms with Crippen LogP contribution in [0.4, 0.5) is 0 Å². The molecule has 0 fully saturated rings. The minimum absolute atomic E-state index is 0.0943. The minimum Gasteiger partial charge on any atom is -0.346 e. The van der Waals surface area contributed by atoms with Crippen LogP contribution in [-0.4, -0.2) is 10.6 Å². The molecule has 2 atom stereocenters. The molecule has 0 saturated carbocycles. The van der Waals surface area contributed by atoms with Crippen molar-refractivity contribution in [3.63, 3.8) is 0 Å². The summed E-state index contributed by atoms with van der Waals surface area (Å²) < 4.78 is 11.1. The second kappa shape index (κ2) is 9.73. The lowest BCUT2D eigenvalue weighted by atomic mass is 10.1. The van der Waals surface area contributed by atoms with Crippen molar-refractivity contribution >= 4 is 8.03 Å². The molecule has 0 rings (SSSR count). The van der Waals surface area contributed by atoms with Gasteiger partial charge < -0.3 is 4.89 Å². The highest BCUT2D eigenvalue weighted by Gasteiger charge is 2.12. The topological polar surface area (TPSA) is 37.3 Å². The highest BCUT2D eigenvalue weighted by molar-refractivity contribution is 7.38. The monoisotopic (exact) mass is 220 g/mol. The maximum absolute atomic E-state index is 11.1. The molecule has 0 aromatic carbocycles. The van der Waals surface area contributed by atoms with Crippen molar-refractivity contribution in [3.8, 4) is 0 Å². The average Bonchev–Trinajstić information content (AvgIpc) is 2.16. The Morgan fingerprint density at radius 2 is 1.57 bits per heavy atom. The summed E-state index contributed by atoms with van der Waals surface area (Å²) in [7, 11) is -2.28. The average molecular weight is 220 g/mol. The first-order chi connectivity index (χ1) is 6.72. The molecule has 86 valence electrons. The van der Waals surface area contributed by atoms with E-state index in [0.717, 1.165) is 32.1 Å². The van der Waals surface area contributed by atoms with E-state index >= 15 is 0 Å². The van der Waals surface area contributed by atoms with E-state index in [1.807, 2.05) is 0 Å². The molecule has 0 radical (unpaired) electrons. The Morgan fingerprint density at radius 3 is 2.07 bits per heavy atom. The van der Waals surface area contributed by atoms with E-state index in [4.69, 9.17) is 4.89 Å². The van der Waals surface area contributed by atoms with Crippen molar-refractivity contribution in [1.29, 1.82) is 0 Å². The highest BCUT2D eigenvalue weighted by atomic mass is 31.1. The molecule has 0 aliphatic heterocycles. The van der Waals surface area contributed by atoms with Crippen LogP contribution in [0.2, 0.25) is 0 Å². The molecule has 0 aromatic heterocycles. The number of rotatable bonds is 9. The van der Waals surface area contributed by atoms with Crippen molar-refractivity contribution in [2.24, 2.45) is 0 Å². The van der Waals surface area contributed by atoms with Crippen molar-refractivity contribution in [1.82, 2.24) is 0 Å². The molecule has 2 nitrogen and oxygen atoms in total. The van der Waals surface area contributed by atoms with Gasteiger partial charge in [-0.1, -0.05) is 52.4 Å². The second-order valence-electron chi connectivity index (χ2n) is 4.03. The van der Waals surface area contributed by atoms with Crippen LogP contribution in [-0.2, 0) is 4.57 Å². The van der Waals surface area contributed by atoms with Crippen LogP contribution < -0.4 is 0 Å². The summed E-state index contributed by atoms with van der Waals surface area (Å²) in [6.45, 7) is 4.31. The zero-order valence-electron chi connectivity index (χ0n) is 9.59. The molecule has 1 N–H and O–H groups in total. The summed E-state index contributed by atoms with van der Waals surface area (Å²) in [5.41, 5.74) is 0.0943. The fourth-order valence-corrected chi connectivity index (χ4v) is 2.56. The molecular formula is C11H25O2P. The van der Waals surface area contributed by atoms with E-state index in [0.29, 0.717) is 0 Å². The predicted molar refractivity (Wildman–Crippen MR) is 63.3 cm³/mol. The summed E-state index contributed by atoms with van der Waals surface area (Å²) >= 11 is 0. The Balaban J connectivity index is 3.57. The lowest BCUT2D eigenvalue weighted by molar-refractivity contribution is 0.466. The molecule has 0 heterocycles. The molecule has 0 saturated heterocycles. The van der Waals surface area contributed by atoms with Crippen LogP contribution in [0, 0.1) is 0 Å². The largest absolute Gasteiger partial charge is 0.346 e. The summed E-state index contributed by atoms with van der Waals surface area (Å²) in [6.07, 6.45) is 8.94. The Hall–Kier alpha value is 0.190. The number of hydrogen-bond acceptors (Lipinski definition) is 1. The van der Waals surface area contributed by atoms with E-state index in [9.17, 15) is 4.57 Å². The molecular weight excluding hydrogens is 195 g/mol. The molecule has 14 heavy (non-hydrogen) atoms. The zero-order chi connectivity index (χ0) is 10.8. The summed E-state index contributed by atoms with van der Waals surface area (Å²) in [5.74, 6) is 0. The Morgan fingerprint density at radius 1 is 1.00 bits per heavy atom. The van der Waals surface area contributed by atoms with Crippen LogP contribution in [0.1, 0.15) is 65.2 Å². The third-order valence-electron chi connectivity index (χ3n) is 2.66. The summed E-state index contributed by atoms with van der Waals surface area (Å²) in [4.78, 5) is 9.14. The van der Waals surface area contributed by atoms with Gasteiger partial charge in [0, 0.05) is 5.66 Å². The minimum atomic E-state index is -2.28. The quantitative estimate of drug-likeness (QED) is 0.471. The molecule has 3 heteroatoms. The van der Waals surface area contributed by atoms with Crippen LogP contribution in [0.3, 0.4) is 0 Å². The van der Waals surface area contributed by atoms with Gasteiger partial charge in [-0.05, 0) is 12.8 Å². The van der Waals surface area contributed by atoms with Crippen LogP contribution >= 0.6 is 8.03 Å². The van der Waals surface area contributed by atoms with Crippen molar-refractivity contribution in [2.45, 2.75) is 70.9 Å². The standard InChI is InChI=1S/C11H25O2P/c1-3-5-7-8-10-11(14(12)13)9-6-4-2/h11,14H,3-10H2,1-2H3,(H,12,13). The maximum Gasteiger partial charge on any atom is 0.192 e. The Kier molecular flexibility index (Phi) is 9.87. The predicted octanol–water partition coefficient (Wildman–Crippen LogP) is 3.98. The zero-order valence-corrected chi connectivity index (χ0v) is 10.6. The van der Waals surface area contributed by atoms with Gasteiger partial charge in [-0.3, -0.25) is 4.57 Å². The maximum atomic E-state index is 11.1. The first kappa shape index (κ1) is 14.2. The smallest absolute Gasteiger partial charge is 0.192 e.